The molecule has 0 saturated heterocycles. The third kappa shape index (κ3) is 5.22. The lowest BCUT2D eigenvalue weighted by atomic mass is 10.2. The Morgan fingerprint density at radius 3 is 2.47 bits per heavy atom. The van der Waals surface area contributed by atoms with Crippen molar-refractivity contribution in [3.8, 4) is 0 Å². The van der Waals surface area contributed by atoms with Crippen LogP contribution in [0.5, 0.6) is 0 Å². The second kappa shape index (κ2) is 8.38. The van der Waals surface area contributed by atoms with E-state index in [2.05, 4.69) is 10.5 Å². The van der Waals surface area contributed by atoms with Crippen LogP contribution in [-0.4, -0.2) is 33.2 Å². The lowest BCUT2D eigenvalue weighted by Gasteiger charge is -2.18. The molecule has 32 heavy (non-hydrogen) atoms. The molecule has 2 aromatic heterocycles. The molecule has 1 N–H and O–H groups in total. The summed E-state index contributed by atoms with van der Waals surface area (Å²) in [4.78, 5) is 38.4. The van der Waals surface area contributed by atoms with Gasteiger partial charge < -0.3 is 4.74 Å². The van der Waals surface area contributed by atoms with Crippen LogP contribution in [0.1, 0.15) is 57.0 Å². The highest BCUT2D eigenvalue weighted by atomic mass is 32.1. The van der Waals surface area contributed by atoms with E-state index in [0.29, 0.717) is 16.9 Å². The largest absolute Gasteiger partial charge is 0.443 e. The normalized spacial score (nSPS) is 19.0. The Balaban J connectivity index is 2.04. The van der Waals surface area contributed by atoms with Gasteiger partial charge >= 0.3 is 18.0 Å². The highest BCUT2D eigenvalue weighted by Crippen LogP contribution is 2.41. The maximum absolute atomic E-state index is 13.1. The first-order chi connectivity index (χ1) is 14.7. The van der Waals surface area contributed by atoms with E-state index < -0.39 is 42.1 Å². The molecule has 0 radical (unpaired) electrons. The van der Waals surface area contributed by atoms with E-state index in [1.54, 1.807) is 27.7 Å². The van der Waals surface area contributed by atoms with E-state index in [4.69, 9.17) is 4.74 Å². The minimum atomic E-state index is -4.45. The molecular formula is C20H25F3N4O4S. The van der Waals surface area contributed by atoms with Crippen LogP contribution in [0.15, 0.2) is 14.7 Å². The third-order valence-electron chi connectivity index (χ3n) is 5.03. The van der Waals surface area contributed by atoms with Gasteiger partial charge in [0.15, 0.2) is 0 Å². The fraction of sp³-hybridized carbons (Fsp3) is 0.600. The predicted molar refractivity (Wildman–Crippen MR) is 116 cm³/mol. The van der Waals surface area contributed by atoms with Crippen LogP contribution in [0.2, 0.25) is 0 Å². The molecule has 12 heteroatoms. The Bertz CT molecular complexity index is 1190. The molecule has 1 saturated carbocycles. The van der Waals surface area contributed by atoms with Crippen molar-refractivity contribution < 1.29 is 22.7 Å². The van der Waals surface area contributed by atoms with Crippen LogP contribution in [0.4, 0.5) is 18.0 Å². The zero-order valence-electron chi connectivity index (χ0n) is 18.4. The summed E-state index contributed by atoms with van der Waals surface area (Å²) in [5.74, 6) is 0.104. The van der Waals surface area contributed by atoms with E-state index in [1.807, 2.05) is 6.92 Å². The molecule has 176 valence electrons. The van der Waals surface area contributed by atoms with E-state index in [-0.39, 0.29) is 22.2 Å². The summed E-state index contributed by atoms with van der Waals surface area (Å²) in [6, 6.07) is -0.318. The molecule has 0 aromatic carbocycles. The van der Waals surface area contributed by atoms with E-state index in [1.165, 1.54) is 6.21 Å². The number of thiophene rings is 1. The van der Waals surface area contributed by atoms with Crippen molar-refractivity contribution >= 4 is 33.9 Å². The molecule has 0 spiro atoms. The van der Waals surface area contributed by atoms with Crippen molar-refractivity contribution in [3.05, 3.63) is 31.3 Å². The first-order valence-corrected chi connectivity index (χ1v) is 10.9. The summed E-state index contributed by atoms with van der Waals surface area (Å²) in [5.41, 5.74) is 0.713. The van der Waals surface area contributed by atoms with Crippen LogP contribution in [0, 0.1) is 12.8 Å². The summed E-state index contributed by atoms with van der Waals surface area (Å²) in [5, 5.41) is 4.00. The van der Waals surface area contributed by atoms with Crippen molar-refractivity contribution in [1.29, 1.82) is 0 Å². The highest BCUT2D eigenvalue weighted by molar-refractivity contribution is 7.20. The Morgan fingerprint density at radius 2 is 1.94 bits per heavy atom. The standard InChI is InChI=1S/C20H25F3N4O4S/c1-10-8-12(10)27-15(28)14-11(2)13(9-24-25-17(29)31-19(3,4)5)32-16(14)26(18(27)30)7-6-20(21,22)23/h9-10,12H,6-8H2,1-5H3,(H,25,29)/t10-,12-/m0/s1. The van der Waals surface area contributed by atoms with Crippen molar-refractivity contribution in [2.75, 3.05) is 0 Å². The van der Waals surface area contributed by atoms with Crippen LogP contribution in [-0.2, 0) is 11.3 Å². The van der Waals surface area contributed by atoms with Gasteiger partial charge in [-0.25, -0.2) is 15.0 Å². The van der Waals surface area contributed by atoms with Gasteiger partial charge in [0.05, 0.1) is 22.9 Å². The average Bonchev–Trinajstić information content (AvgIpc) is 3.23. The fourth-order valence-electron chi connectivity index (χ4n) is 3.34. The smallest absolute Gasteiger partial charge is 0.428 e. The SMILES string of the molecule is Cc1c(C=NNC(=O)OC(C)(C)C)sc2c1c(=O)n([C@H]1C[C@@H]1C)c(=O)n2CCC(F)(F)F. The number of ether oxygens (including phenoxy) is 1. The van der Waals surface area contributed by atoms with Gasteiger partial charge in [-0.15, -0.1) is 11.3 Å². The molecule has 8 nitrogen and oxygen atoms in total. The number of nitrogens with zero attached hydrogens (tertiary/aromatic N) is 3. The minimum absolute atomic E-state index is 0.104. The number of aryl methyl sites for hydroxylation is 2. The lowest BCUT2D eigenvalue weighted by Crippen LogP contribution is -2.40. The van der Waals surface area contributed by atoms with Crippen LogP contribution < -0.4 is 16.7 Å². The van der Waals surface area contributed by atoms with Crippen LogP contribution >= 0.6 is 11.3 Å². The summed E-state index contributed by atoms with van der Waals surface area (Å²) < 4.78 is 45.8. The van der Waals surface area contributed by atoms with Crippen molar-refractivity contribution in [3.63, 3.8) is 0 Å². The third-order valence-corrected chi connectivity index (χ3v) is 6.28. The van der Waals surface area contributed by atoms with Gasteiger partial charge in [0.2, 0.25) is 0 Å². The number of halogens is 3. The molecule has 1 fully saturated rings. The Morgan fingerprint density at radius 1 is 1.31 bits per heavy atom. The number of carbonyl (C=O) groups is 1. The second-order valence-electron chi connectivity index (χ2n) is 8.90. The summed E-state index contributed by atoms with van der Waals surface area (Å²) >= 11 is 0.977. The molecule has 0 unspecified atom stereocenters. The zero-order chi connectivity index (χ0) is 24.0. The number of hydrazone groups is 1. The van der Waals surface area contributed by atoms with Gasteiger partial charge in [0, 0.05) is 12.6 Å². The summed E-state index contributed by atoms with van der Waals surface area (Å²) in [7, 11) is 0. The highest BCUT2D eigenvalue weighted by Gasteiger charge is 2.38. The van der Waals surface area contributed by atoms with Gasteiger partial charge in [-0.1, -0.05) is 6.92 Å². The molecule has 3 rings (SSSR count). The lowest BCUT2D eigenvalue weighted by molar-refractivity contribution is -0.136. The number of aromatic nitrogens is 2. The van der Waals surface area contributed by atoms with Crippen LogP contribution in [0.25, 0.3) is 10.2 Å². The number of hydrogen-bond donors (Lipinski definition) is 1. The first kappa shape index (κ1) is 24.0. The molecule has 2 aromatic rings. The number of fused-ring (bicyclic) bond motifs is 1. The number of carbonyl (C=O) groups excluding carboxylic acids is 1. The molecule has 0 bridgehead atoms. The Hall–Kier alpha value is -2.63. The van der Waals surface area contributed by atoms with Gasteiger partial charge in [-0.2, -0.15) is 18.3 Å². The van der Waals surface area contributed by atoms with Crippen molar-refractivity contribution in [1.82, 2.24) is 14.6 Å². The quantitative estimate of drug-likeness (QED) is 0.525. The second-order valence-corrected chi connectivity index (χ2v) is 9.93. The number of rotatable bonds is 5. The number of hydrogen-bond acceptors (Lipinski definition) is 6. The Kier molecular flexibility index (Phi) is 6.29. The number of amides is 1. The van der Waals surface area contributed by atoms with Gasteiger partial charge in [-0.3, -0.25) is 13.9 Å². The molecule has 1 aliphatic rings. The minimum Gasteiger partial charge on any atom is -0.443 e. The molecule has 2 heterocycles. The predicted octanol–water partition coefficient (Wildman–Crippen LogP) is 3.93. The number of alkyl halides is 3. The van der Waals surface area contributed by atoms with Gasteiger partial charge in [-0.05, 0) is 45.6 Å². The average molecular weight is 475 g/mol. The Labute approximate surface area is 185 Å². The van der Waals surface area contributed by atoms with E-state index >= 15 is 0 Å². The number of nitrogens with one attached hydrogen (secondary N) is 1. The van der Waals surface area contributed by atoms with Crippen molar-refractivity contribution in [2.45, 2.75) is 71.8 Å². The summed E-state index contributed by atoms with van der Waals surface area (Å²) in [6.45, 7) is 8.00. The molecular weight excluding hydrogens is 449 g/mol. The van der Waals surface area contributed by atoms with Crippen LogP contribution in [0.3, 0.4) is 0 Å². The van der Waals surface area contributed by atoms with E-state index in [0.717, 1.165) is 20.5 Å². The fourth-order valence-corrected chi connectivity index (χ4v) is 4.53. The monoisotopic (exact) mass is 474 g/mol. The molecule has 1 aliphatic carbocycles. The topological polar surface area (TPSA) is 94.7 Å². The van der Waals surface area contributed by atoms with Gasteiger partial charge in [0.25, 0.3) is 5.56 Å². The van der Waals surface area contributed by atoms with Crippen molar-refractivity contribution in [2.24, 2.45) is 11.0 Å². The zero-order valence-corrected chi connectivity index (χ0v) is 19.2. The summed E-state index contributed by atoms with van der Waals surface area (Å²) in [6.07, 6.45) is -4.52. The molecule has 1 amide bonds. The van der Waals surface area contributed by atoms with E-state index in [9.17, 15) is 27.6 Å². The maximum Gasteiger partial charge on any atom is 0.428 e. The first-order valence-electron chi connectivity index (χ1n) is 10.1. The molecule has 0 aliphatic heterocycles. The maximum atomic E-state index is 13.1. The van der Waals surface area contributed by atoms with Gasteiger partial charge in [0.1, 0.15) is 10.4 Å². The molecule has 2 atom stereocenters.